The number of aromatic amines is 1. The third kappa shape index (κ3) is 4.80. The number of rotatable bonds is 6. The smallest absolute Gasteiger partial charge is 0.271 e. The summed E-state index contributed by atoms with van der Waals surface area (Å²) >= 11 is 0. The van der Waals surface area contributed by atoms with Gasteiger partial charge in [-0.25, -0.2) is 4.39 Å². The Balaban J connectivity index is 1.39. The van der Waals surface area contributed by atoms with Gasteiger partial charge in [-0.15, -0.1) is 0 Å². The Morgan fingerprint density at radius 2 is 1.87 bits per heavy atom. The van der Waals surface area contributed by atoms with Gasteiger partial charge in [0.2, 0.25) is 0 Å². The van der Waals surface area contributed by atoms with Crippen LogP contribution in [-0.4, -0.2) is 46.1 Å². The molecule has 160 valence electrons. The number of ether oxygens (including phenoxy) is 1. The van der Waals surface area contributed by atoms with Crippen LogP contribution < -0.4 is 10.1 Å². The van der Waals surface area contributed by atoms with E-state index >= 15 is 0 Å². The molecule has 0 radical (unpaired) electrons. The van der Waals surface area contributed by atoms with Crippen molar-refractivity contribution in [3.05, 3.63) is 47.5 Å². The molecule has 1 saturated carbocycles. The highest BCUT2D eigenvalue weighted by Crippen LogP contribution is 2.30. The van der Waals surface area contributed by atoms with E-state index in [1.165, 1.54) is 24.3 Å². The number of H-pyrrole nitrogens is 1. The first-order valence-corrected chi connectivity index (χ1v) is 10.6. The zero-order chi connectivity index (χ0) is 20.9. The Morgan fingerprint density at radius 3 is 2.63 bits per heavy atom. The summed E-state index contributed by atoms with van der Waals surface area (Å²) in [6.07, 6.45) is 7.04. The van der Waals surface area contributed by atoms with E-state index < -0.39 is 0 Å². The van der Waals surface area contributed by atoms with Gasteiger partial charge >= 0.3 is 0 Å². The SMILES string of the molecule is O=C(NC1CCCC1)c1cc([C@H]2CCCCN2C(=O)COc2ccc(F)cc2)[nH]n1. The number of nitrogens with zero attached hydrogens (tertiary/aromatic N) is 2. The fourth-order valence-corrected chi connectivity index (χ4v) is 4.27. The van der Waals surface area contributed by atoms with E-state index in [9.17, 15) is 14.0 Å². The third-order valence-corrected chi connectivity index (χ3v) is 5.88. The molecule has 7 nitrogen and oxygen atoms in total. The molecule has 30 heavy (non-hydrogen) atoms. The Bertz CT molecular complexity index is 877. The molecule has 0 unspecified atom stereocenters. The number of hydrogen-bond donors (Lipinski definition) is 2. The quantitative estimate of drug-likeness (QED) is 0.759. The topological polar surface area (TPSA) is 87.3 Å². The van der Waals surface area contributed by atoms with E-state index in [-0.39, 0.29) is 36.3 Å². The molecule has 0 bridgehead atoms. The van der Waals surface area contributed by atoms with Crippen LogP contribution in [0.5, 0.6) is 5.75 Å². The molecule has 1 aromatic heterocycles. The molecule has 2 aliphatic rings. The average molecular weight is 414 g/mol. The van der Waals surface area contributed by atoms with Gasteiger partial charge in [0.05, 0.1) is 11.7 Å². The summed E-state index contributed by atoms with van der Waals surface area (Å²) in [6.45, 7) is 0.504. The van der Waals surface area contributed by atoms with E-state index in [1.807, 2.05) is 0 Å². The monoisotopic (exact) mass is 414 g/mol. The number of amides is 2. The van der Waals surface area contributed by atoms with Crippen molar-refractivity contribution in [2.75, 3.05) is 13.2 Å². The van der Waals surface area contributed by atoms with Gasteiger partial charge in [0.1, 0.15) is 17.3 Å². The van der Waals surface area contributed by atoms with E-state index in [4.69, 9.17) is 4.74 Å². The van der Waals surface area contributed by atoms with Crippen LogP contribution in [-0.2, 0) is 4.79 Å². The number of benzene rings is 1. The fourth-order valence-electron chi connectivity index (χ4n) is 4.27. The molecule has 1 aliphatic carbocycles. The molecule has 1 atom stereocenters. The molecule has 2 fully saturated rings. The Morgan fingerprint density at radius 1 is 1.13 bits per heavy atom. The summed E-state index contributed by atoms with van der Waals surface area (Å²) in [6, 6.07) is 7.42. The summed E-state index contributed by atoms with van der Waals surface area (Å²) in [5.41, 5.74) is 1.12. The van der Waals surface area contributed by atoms with Crippen LogP contribution in [0, 0.1) is 5.82 Å². The lowest BCUT2D eigenvalue weighted by Gasteiger charge is -2.35. The maximum absolute atomic E-state index is 13.0. The molecule has 0 spiro atoms. The molecule has 4 rings (SSSR count). The molecule has 2 aromatic rings. The lowest BCUT2D eigenvalue weighted by molar-refractivity contribution is -0.137. The van der Waals surface area contributed by atoms with Crippen LogP contribution in [0.25, 0.3) is 0 Å². The Labute approximate surface area is 175 Å². The summed E-state index contributed by atoms with van der Waals surface area (Å²) in [7, 11) is 0. The largest absolute Gasteiger partial charge is 0.484 e. The zero-order valence-electron chi connectivity index (χ0n) is 16.9. The van der Waals surface area contributed by atoms with E-state index in [2.05, 4.69) is 15.5 Å². The molecule has 1 aromatic carbocycles. The fraction of sp³-hybridized carbons (Fsp3) is 0.500. The van der Waals surface area contributed by atoms with Gasteiger partial charge in [-0.2, -0.15) is 5.10 Å². The Hall–Kier alpha value is -2.90. The number of piperidine rings is 1. The van der Waals surface area contributed by atoms with E-state index in [1.54, 1.807) is 11.0 Å². The summed E-state index contributed by atoms with van der Waals surface area (Å²) < 4.78 is 18.5. The highest BCUT2D eigenvalue weighted by molar-refractivity contribution is 5.92. The van der Waals surface area contributed by atoms with Crippen molar-refractivity contribution in [3.63, 3.8) is 0 Å². The minimum Gasteiger partial charge on any atom is -0.484 e. The number of aromatic nitrogens is 2. The Kier molecular flexibility index (Phi) is 6.30. The lowest BCUT2D eigenvalue weighted by atomic mass is 9.99. The van der Waals surface area contributed by atoms with Gasteiger partial charge < -0.3 is 15.0 Å². The van der Waals surface area contributed by atoms with Crippen LogP contribution in [0.4, 0.5) is 4.39 Å². The number of likely N-dealkylation sites (tertiary alicyclic amines) is 1. The zero-order valence-corrected chi connectivity index (χ0v) is 16.9. The maximum atomic E-state index is 13.0. The van der Waals surface area contributed by atoms with Crippen LogP contribution >= 0.6 is 0 Å². The molecule has 1 aliphatic heterocycles. The number of hydrogen-bond acceptors (Lipinski definition) is 4. The summed E-state index contributed by atoms with van der Waals surface area (Å²) in [5, 5.41) is 10.2. The third-order valence-electron chi connectivity index (χ3n) is 5.88. The van der Waals surface area contributed by atoms with Crippen LogP contribution in [0.15, 0.2) is 30.3 Å². The highest BCUT2D eigenvalue weighted by atomic mass is 19.1. The standard InChI is InChI=1S/C22H27FN4O3/c23-15-8-10-17(11-9-15)30-14-21(28)27-12-4-3-7-20(27)18-13-19(26-25-18)22(29)24-16-5-1-2-6-16/h8-11,13,16,20H,1-7,12,14H2,(H,24,29)(H,25,26)/t20-/m1/s1. The van der Waals surface area contributed by atoms with Gasteiger partial charge in [0.15, 0.2) is 6.61 Å². The van der Waals surface area contributed by atoms with Crippen molar-refractivity contribution in [1.82, 2.24) is 20.4 Å². The van der Waals surface area contributed by atoms with Crippen molar-refractivity contribution in [2.24, 2.45) is 0 Å². The molecule has 8 heteroatoms. The summed E-state index contributed by atoms with van der Waals surface area (Å²) in [4.78, 5) is 27.1. The lowest BCUT2D eigenvalue weighted by Crippen LogP contribution is -2.41. The van der Waals surface area contributed by atoms with Crippen molar-refractivity contribution in [1.29, 1.82) is 0 Å². The second kappa shape index (κ2) is 9.28. The highest BCUT2D eigenvalue weighted by Gasteiger charge is 2.30. The van der Waals surface area contributed by atoms with Crippen molar-refractivity contribution < 1.29 is 18.7 Å². The number of carbonyl (C=O) groups excluding carboxylic acids is 2. The summed E-state index contributed by atoms with van der Waals surface area (Å²) in [5.74, 6) is -0.212. The molecular weight excluding hydrogens is 387 g/mol. The maximum Gasteiger partial charge on any atom is 0.271 e. The van der Waals surface area contributed by atoms with Gasteiger partial charge in [0, 0.05) is 12.6 Å². The van der Waals surface area contributed by atoms with Gasteiger partial charge in [-0.05, 0) is 62.4 Å². The number of halogens is 1. The minimum absolute atomic E-state index is 0.120. The second-order valence-corrected chi connectivity index (χ2v) is 8.00. The first-order chi connectivity index (χ1) is 14.6. The molecule has 1 saturated heterocycles. The van der Waals surface area contributed by atoms with Crippen molar-refractivity contribution in [2.45, 2.75) is 57.0 Å². The first-order valence-electron chi connectivity index (χ1n) is 10.6. The molecule has 2 N–H and O–H groups in total. The van der Waals surface area contributed by atoms with Crippen molar-refractivity contribution in [3.8, 4) is 5.75 Å². The van der Waals surface area contributed by atoms with Crippen molar-refractivity contribution >= 4 is 11.8 Å². The minimum atomic E-state index is -0.350. The van der Waals surface area contributed by atoms with Gasteiger partial charge in [-0.3, -0.25) is 14.7 Å². The first kappa shape index (κ1) is 20.4. The average Bonchev–Trinajstić information content (AvgIpc) is 3.45. The number of nitrogens with one attached hydrogen (secondary N) is 2. The van der Waals surface area contributed by atoms with Crippen LogP contribution in [0.2, 0.25) is 0 Å². The predicted octanol–water partition coefficient (Wildman–Crippen LogP) is 3.35. The van der Waals surface area contributed by atoms with Gasteiger partial charge in [0.25, 0.3) is 11.8 Å². The van der Waals surface area contributed by atoms with Crippen LogP contribution in [0.3, 0.4) is 0 Å². The predicted molar refractivity (Wildman–Crippen MR) is 109 cm³/mol. The molecular formula is C22H27FN4O3. The van der Waals surface area contributed by atoms with E-state index in [0.29, 0.717) is 18.0 Å². The van der Waals surface area contributed by atoms with E-state index in [0.717, 1.165) is 50.6 Å². The van der Waals surface area contributed by atoms with Crippen LogP contribution in [0.1, 0.15) is 67.2 Å². The molecule has 2 heterocycles. The molecule has 2 amide bonds. The van der Waals surface area contributed by atoms with Gasteiger partial charge in [-0.1, -0.05) is 12.8 Å². The number of carbonyl (C=O) groups is 2. The normalized spacial score (nSPS) is 19.6. The second-order valence-electron chi connectivity index (χ2n) is 8.00.